The van der Waals surface area contributed by atoms with Gasteiger partial charge in [-0.25, -0.2) is 0 Å². The fourth-order valence-electron chi connectivity index (χ4n) is 0.772. The van der Waals surface area contributed by atoms with Crippen molar-refractivity contribution in [1.29, 1.82) is 0 Å². The molecule has 0 saturated heterocycles. The average Bonchev–Trinajstić information content (AvgIpc) is 2.09. The van der Waals surface area contributed by atoms with Crippen molar-refractivity contribution in [2.45, 2.75) is 38.4 Å². The minimum Gasteiger partial charge on any atom is -0.269 e. The monoisotopic (exact) mass is 197 g/mol. The second kappa shape index (κ2) is 6.96. The van der Waals surface area contributed by atoms with E-state index < -0.39 is 0 Å². The summed E-state index contributed by atoms with van der Waals surface area (Å²) in [7, 11) is 0. The topological polar surface area (TPSA) is 12.4 Å². The molecule has 0 aromatic rings. The van der Waals surface area contributed by atoms with Gasteiger partial charge in [-0.1, -0.05) is 26.0 Å². The van der Waals surface area contributed by atoms with Crippen molar-refractivity contribution < 1.29 is 0 Å². The second-order valence-corrected chi connectivity index (χ2v) is 4.06. The molecule has 0 aliphatic rings. The third-order valence-corrected chi connectivity index (χ3v) is 1.78. The van der Waals surface area contributed by atoms with Crippen LogP contribution in [-0.4, -0.2) is 11.0 Å². The summed E-state index contributed by atoms with van der Waals surface area (Å²) in [5, 5.41) is 0. The number of aliphatic imine (C=N–C) groups is 1. The van der Waals surface area contributed by atoms with Crippen molar-refractivity contribution in [3.63, 3.8) is 0 Å². The Morgan fingerprint density at radius 3 is 2.46 bits per heavy atom. The summed E-state index contributed by atoms with van der Waals surface area (Å²) in [5.41, 5.74) is 0. The van der Waals surface area contributed by atoms with Gasteiger partial charge in [0.1, 0.15) is 0 Å². The highest BCUT2D eigenvalue weighted by Gasteiger charge is 2.08. The summed E-state index contributed by atoms with van der Waals surface area (Å²) in [6.07, 6.45) is 11.9. The Morgan fingerprint density at radius 2 is 1.92 bits per heavy atom. The first-order valence-electron chi connectivity index (χ1n) is 4.71. The van der Waals surface area contributed by atoms with Crippen molar-refractivity contribution in [1.82, 2.24) is 0 Å². The van der Waals surface area contributed by atoms with Gasteiger partial charge in [0.25, 0.3) is 0 Å². The summed E-state index contributed by atoms with van der Waals surface area (Å²) in [5.74, 6) is 0. The molecule has 0 aliphatic heterocycles. The largest absolute Gasteiger partial charge is 0.269 e. The van der Waals surface area contributed by atoms with E-state index in [1.54, 1.807) is 6.20 Å². The van der Waals surface area contributed by atoms with Crippen molar-refractivity contribution in [2.75, 3.05) is 0 Å². The van der Waals surface area contributed by atoms with Crippen molar-refractivity contribution in [3.05, 3.63) is 24.4 Å². The highest BCUT2D eigenvalue weighted by atomic mass is 32.1. The summed E-state index contributed by atoms with van der Waals surface area (Å²) >= 11 is 4.48. The highest BCUT2D eigenvalue weighted by Crippen LogP contribution is 2.17. The van der Waals surface area contributed by atoms with E-state index in [4.69, 9.17) is 0 Å². The molecule has 0 aliphatic carbocycles. The molecule has 0 N–H and O–H groups in total. The van der Waals surface area contributed by atoms with E-state index in [1.807, 2.05) is 19.2 Å². The number of hydrogen-bond donors (Lipinski definition) is 1. The summed E-state index contributed by atoms with van der Waals surface area (Å²) < 4.78 is -0.179. The van der Waals surface area contributed by atoms with Crippen molar-refractivity contribution >= 4 is 18.8 Å². The van der Waals surface area contributed by atoms with Crippen molar-refractivity contribution in [3.8, 4) is 0 Å². The van der Waals surface area contributed by atoms with Crippen molar-refractivity contribution in [2.24, 2.45) is 4.99 Å². The molecule has 1 unspecified atom stereocenters. The van der Waals surface area contributed by atoms with E-state index in [0.717, 1.165) is 12.8 Å². The fraction of sp³-hybridized carbons (Fsp3) is 0.545. The molecule has 0 spiro atoms. The molecular weight excluding hydrogens is 178 g/mol. The Morgan fingerprint density at radius 1 is 1.23 bits per heavy atom. The average molecular weight is 197 g/mol. The molecule has 13 heavy (non-hydrogen) atoms. The van der Waals surface area contributed by atoms with E-state index in [1.165, 1.54) is 0 Å². The highest BCUT2D eigenvalue weighted by molar-refractivity contribution is 7.82. The number of hydrogen-bond acceptors (Lipinski definition) is 2. The maximum absolute atomic E-state index is 4.48. The van der Waals surface area contributed by atoms with E-state index in [-0.39, 0.29) is 4.75 Å². The summed E-state index contributed by atoms with van der Waals surface area (Å²) in [6, 6.07) is 0. The molecule has 1 nitrogen and oxygen atoms in total. The zero-order chi connectivity index (χ0) is 10.2. The van der Waals surface area contributed by atoms with Crippen LogP contribution < -0.4 is 0 Å². The minimum atomic E-state index is -0.179. The van der Waals surface area contributed by atoms with Gasteiger partial charge in [0.05, 0.1) is 0 Å². The third-order valence-electron chi connectivity index (χ3n) is 1.48. The Hall–Kier alpha value is -0.500. The van der Waals surface area contributed by atoms with Gasteiger partial charge in [-0.2, -0.15) is 12.6 Å². The van der Waals surface area contributed by atoms with Crippen LogP contribution in [0.2, 0.25) is 0 Å². The quantitative estimate of drug-likeness (QED) is 0.392. The lowest BCUT2D eigenvalue weighted by Gasteiger charge is -2.11. The van der Waals surface area contributed by atoms with E-state index in [9.17, 15) is 0 Å². The van der Waals surface area contributed by atoms with Gasteiger partial charge in [-0.15, -0.1) is 0 Å². The lowest BCUT2D eigenvalue weighted by molar-refractivity contribution is 0.999. The normalized spacial score (nSPS) is 17.5. The molecule has 0 fully saturated rings. The number of thiol groups is 1. The van der Waals surface area contributed by atoms with Gasteiger partial charge < -0.3 is 0 Å². The predicted molar refractivity (Wildman–Crippen MR) is 64.7 cm³/mol. The van der Waals surface area contributed by atoms with Crippen LogP contribution in [0.5, 0.6) is 0 Å². The molecule has 0 bridgehead atoms. The molecule has 74 valence electrons. The Balaban J connectivity index is 4.07. The van der Waals surface area contributed by atoms with Gasteiger partial charge in [0.15, 0.2) is 0 Å². The molecule has 0 heterocycles. The van der Waals surface area contributed by atoms with Gasteiger partial charge in [0, 0.05) is 17.2 Å². The molecule has 0 aromatic heterocycles. The Kier molecular flexibility index (Phi) is 6.69. The second-order valence-electron chi connectivity index (χ2n) is 3.09. The molecule has 0 aromatic carbocycles. The van der Waals surface area contributed by atoms with Crippen LogP contribution in [-0.2, 0) is 0 Å². The molecule has 0 amide bonds. The lowest BCUT2D eigenvalue weighted by atomic mass is 10.1. The van der Waals surface area contributed by atoms with Crippen LogP contribution in [0.4, 0.5) is 0 Å². The van der Waals surface area contributed by atoms with E-state index in [0.29, 0.717) is 0 Å². The van der Waals surface area contributed by atoms with Gasteiger partial charge >= 0.3 is 0 Å². The van der Waals surface area contributed by atoms with Gasteiger partial charge in [0.2, 0.25) is 0 Å². The maximum atomic E-state index is 4.48. The first-order valence-corrected chi connectivity index (χ1v) is 5.16. The lowest BCUT2D eigenvalue weighted by Crippen LogP contribution is -2.07. The zero-order valence-electron chi connectivity index (χ0n) is 8.70. The van der Waals surface area contributed by atoms with Crippen LogP contribution >= 0.6 is 12.6 Å². The van der Waals surface area contributed by atoms with Gasteiger partial charge in [-0.05, 0) is 25.8 Å². The summed E-state index contributed by atoms with van der Waals surface area (Å²) in [6.45, 7) is 6.22. The first kappa shape index (κ1) is 12.5. The smallest absolute Gasteiger partial charge is 0.0477 e. The van der Waals surface area contributed by atoms with Crippen LogP contribution in [0.25, 0.3) is 0 Å². The minimum absolute atomic E-state index is 0.179. The van der Waals surface area contributed by atoms with E-state index in [2.05, 4.69) is 43.6 Å². The van der Waals surface area contributed by atoms with E-state index >= 15 is 0 Å². The van der Waals surface area contributed by atoms with Crippen LogP contribution in [0.1, 0.15) is 33.6 Å². The summed E-state index contributed by atoms with van der Waals surface area (Å²) in [4.78, 5) is 4.09. The zero-order valence-corrected chi connectivity index (χ0v) is 9.59. The molecule has 0 radical (unpaired) electrons. The molecule has 2 heteroatoms. The number of nitrogens with zero attached hydrogens (tertiary/aromatic N) is 1. The first-order chi connectivity index (χ1) is 6.12. The number of rotatable bonds is 5. The van der Waals surface area contributed by atoms with Crippen LogP contribution in [0, 0.1) is 0 Å². The predicted octanol–water partition coefficient (Wildman–Crippen LogP) is 3.64. The fourth-order valence-corrected chi connectivity index (χ4v) is 0.944. The molecule has 0 saturated carbocycles. The number of allylic oxidation sites excluding steroid dienone is 1. The third kappa shape index (κ3) is 7.85. The Bertz CT molecular complexity index is 202. The van der Waals surface area contributed by atoms with Crippen LogP contribution in [0.15, 0.2) is 29.4 Å². The standard InChI is InChI=1S/C11H19NS/c1-4-6-7-11(3,13)8-10-12-9-5-2/h6-10,13H,4-5H2,1-3H3/b7-6-,10-8-,12-9?. The molecule has 1 atom stereocenters. The SMILES string of the molecule is CCC=N/C=C\C(C)(S)/C=C\CC. The molecular formula is C11H19NS. The molecule has 0 rings (SSSR count). The van der Waals surface area contributed by atoms with Gasteiger partial charge in [-0.3, -0.25) is 4.99 Å². The Labute approximate surface area is 87.1 Å². The maximum Gasteiger partial charge on any atom is 0.0477 e. The van der Waals surface area contributed by atoms with Crippen LogP contribution in [0.3, 0.4) is 0 Å².